The molecule has 1 aliphatic rings. The van der Waals surface area contributed by atoms with Gasteiger partial charge >= 0.3 is 0 Å². The van der Waals surface area contributed by atoms with Crippen molar-refractivity contribution in [3.63, 3.8) is 0 Å². The first-order valence-corrected chi connectivity index (χ1v) is 6.25. The highest BCUT2D eigenvalue weighted by Crippen LogP contribution is 2.32. The van der Waals surface area contributed by atoms with Crippen LogP contribution in [0.25, 0.3) is 0 Å². The van der Waals surface area contributed by atoms with E-state index in [2.05, 4.69) is 19.2 Å². The molecule has 0 aromatic rings. The molecular formula is C12H23N3O2. The molecule has 5 nitrogen and oxygen atoms in total. The molecule has 3 N–H and O–H groups in total. The van der Waals surface area contributed by atoms with Gasteiger partial charge in [0, 0.05) is 13.1 Å². The number of nitrogens with zero attached hydrogens (tertiary/aromatic N) is 1. The van der Waals surface area contributed by atoms with Crippen molar-refractivity contribution in [2.24, 2.45) is 11.1 Å². The number of amides is 2. The Bertz CT molecular complexity index is 293. The van der Waals surface area contributed by atoms with E-state index >= 15 is 0 Å². The van der Waals surface area contributed by atoms with Crippen LogP contribution in [0.1, 0.15) is 33.1 Å². The summed E-state index contributed by atoms with van der Waals surface area (Å²) in [6, 6.07) is 0. The Hall–Kier alpha value is -1.10. The number of likely N-dealkylation sites (tertiary alicyclic amines) is 1. The quantitative estimate of drug-likeness (QED) is 0.733. The lowest BCUT2D eigenvalue weighted by Gasteiger charge is -2.40. The normalized spacial score (nSPS) is 24.5. The zero-order valence-electron chi connectivity index (χ0n) is 10.8. The molecular weight excluding hydrogens is 218 g/mol. The summed E-state index contributed by atoms with van der Waals surface area (Å²) in [5.74, 6) is -0.292. The van der Waals surface area contributed by atoms with Crippen molar-refractivity contribution in [2.45, 2.75) is 33.1 Å². The standard InChI is InChI=1S/C12H23N3O2/c1-3-12(2)5-4-6-15(9-12)11(17)8-14-10(16)7-13/h3-9,13H2,1-2H3,(H,14,16). The second kappa shape index (κ2) is 6.00. The highest BCUT2D eigenvalue weighted by molar-refractivity contribution is 5.85. The van der Waals surface area contributed by atoms with Gasteiger partial charge < -0.3 is 16.0 Å². The fourth-order valence-corrected chi connectivity index (χ4v) is 2.18. The molecule has 17 heavy (non-hydrogen) atoms. The number of nitrogens with two attached hydrogens (primary N) is 1. The second-order valence-electron chi connectivity index (χ2n) is 5.06. The van der Waals surface area contributed by atoms with Gasteiger partial charge in [0.15, 0.2) is 0 Å². The molecule has 0 bridgehead atoms. The van der Waals surface area contributed by atoms with Gasteiger partial charge in [0.1, 0.15) is 0 Å². The van der Waals surface area contributed by atoms with Crippen LogP contribution in [0, 0.1) is 5.41 Å². The summed E-state index contributed by atoms with van der Waals surface area (Å²) in [4.78, 5) is 24.7. The van der Waals surface area contributed by atoms with Crippen LogP contribution in [-0.2, 0) is 9.59 Å². The number of carbonyl (C=O) groups excluding carboxylic acids is 2. The first kappa shape index (κ1) is 14.0. The molecule has 1 fully saturated rings. The van der Waals surface area contributed by atoms with Gasteiger partial charge in [0.25, 0.3) is 0 Å². The van der Waals surface area contributed by atoms with E-state index in [1.807, 2.05) is 4.90 Å². The van der Waals surface area contributed by atoms with Crippen LogP contribution < -0.4 is 11.1 Å². The van der Waals surface area contributed by atoms with Gasteiger partial charge in [-0.2, -0.15) is 0 Å². The predicted octanol–water partition coefficient (Wildman–Crippen LogP) is 0.100. The predicted molar refractivity (Wildman–Crippen MR) is 66.3 cm³/mol. The third-order valence-electron chi connectivity index (χ3n) is 3.61. The highest BCUT2D eigenvalue weighted by atomic mass is 16.2. The Morgan fingerprint density at radius 1 is 1.47 bits per heavy atom. The van der Waals surface area contributed by atoms with Gasteiger partial charge in [-0.3, -0.25) is 9.59 Å². The smallest absolute Gasteiger partial charge is 0.241 e. The third kappa shape index (κ3) is 4.00. The Kier molecular flexibility index (Phi) is 4.93. The van der Waals surface area contributed by atoms with Crippen LogP contribution in [-0.4, -0.2) is 42.9 Å². The van der Waals surface area contributed by atoms with Crippen LogP contribution in [0.4, 0.5) is 0 Å². The average molecular weight is 241 g/mol. The molecule has 0 aromatic heterocycles. The van der Waals surface area contributed by atoms with Crippen LogP contribution in [0.3, 0.4) is 0 Å². The lowest BCUT2D eigenvalue weighted by atomic mass is 9.79. The fraction of sp³-hybridized carbons (Fsp3) is 0.833. The maximum Gasteiger partial charge on any atom is 0.241 e. The minimum Gasteiger partial charge on any atom is -0.346 e. The van der Waals surface area contributed by atoms with Gasteiger partial charge in [-0.15, -0.1) is 0 Å². The summed E-state index contributed by atoms with van der Waals surface area (Å²) in [6.45, 7) is 5.96. The highest BCUT2D eigenvalue weighted by Gasteiger charge is 2.31. The van der Waals surface area contributed by atoms with E-state index in [0.29, 0.717) is 0 Å². The Morgan fingerprint density at radius 3 is 2.76 bits per heavy atom. The maximum atomic E-state index is 11.9. The number of carbonyl (C=O) groups is 2. The van der Waals surface area contributed by atoms with Gasteiger partial charge in [0.05, 0.1) is 13.1 Å². The third-order valence-corrected chi connectivity index (χ3v) is 3.61. The molecule has 1 rings (SSSR count). The van der Waals surface area contributed by atoms with E-state index in [1.165, 1.54) is 6.42 Å². The lowest BCUT2D eigenvalue weighted by molar-refractivity contribution is -0.135. The van der Waals surface area contributed by atoms with Gasteiger partial charge in [-0.25, -0.2) is 0 Å². The van der Waals surface area contributed by atoms with Crippen LogP contribution in [0.2, 0.25) is 0 Å². The van der Waals surface area contributed by atoms with E-state index in [1.54, 1.807) is 0 Å². The van der Waals surface area contributed by atoms with Crippen LogP contribution in [0.15, 0.2) is 0 Å². The van der Waals surface area contributed by atoms with Crippen molar-refractivity contribution in [1.82, 2.24) is 10.2 Å². The Morgan fingerprint density at radius 2 is 2.18 bits per heavy atom. The first-order valence-electron chi connectivity index (χ1n) is 6.25. The van der Waals surface area contributed by atoms with E-state index in [-0.39, 0.29) is 30.3 Å². The number of rotatable bonds is 4. The molecule has 0 aromatic carbocycles. The summed E-state index contributed by atoms with van der Waals surface area (Å²) in [7, 11) is 0. The summed E-state index contributed by atoms with van der Waals surface area (Å²) < 4.78 is 0. The average Bonchev–Trinajstić information content (AvgIpc) is 2.35. The Labute approximate surface area is 103 Å². The minimum absolute atomic E-state index is 0.00817. The van der Waals surface area contributed by atoms with Gasteiger partial charge in [-0.1, -0.05) is 13.8 Å². The van der Waals surface area contributed by atoms with E-state index in [0.717, 1.165) is 25.9 Å². The summed E-state index contributed by atoms with van der Waals surface area (Å²) in [6.07, 6.45) is 3.29. The molecule has 1 saturated heterocycles. The van der Waals surface area contributed by atoms with Crippen molar-refractivity contribution < 1.29 is 9.59 Å². The first-order chi connectivity index (χ1) is 8.00. The zero-order chi connectivity index (χ0) is 12.9. The van der Waals surface area contributed by atoms with Gasteiger partial charge in [0.2, 0.25) is 11.8 Å². The number of nitrogens with one attached hydrogen (secondary N) is 1. The summed E-state index contributed by atoms with van der Waals surface area (Å²) >= 11 is 0. The molecule has 98 valence electrons. The molecule has 5 heteroatoms. The number of hydrogen-bond acceptors (Lipinski definition) is 3. The fourth-order valence-electron chi connectivity index (χ4n) is 2.18. The van der Waals surface area contributed by atoms with Crippen molar-refractivity contribution in [1.29, 1.82) is 0 Å². The molecule has 0 aliphatic carbocycles. The van der Waals surface area contributed by atoms with Crippen molar-refractivity contribution in [2.75, 3.05) is 26.2 Å². The zero-order valence-corrected chi connectivity index (χ0v) is 10.8. The minimum atomic E-state index is -0.284. The van der Waals surface area contributed by atoms with Crippen molar-refractivity contribution in [3.8, 4) is 0 Å². The van der Waals surface area contributed by atoms with Crippen molar-refractivity contribution >= 4 is 11.8 Å². The van der Waals surface area contributed by atoms with Gasteiger partial charge in [-0.05, 0) is 24.7 Å². The largest absolute Gasteiger partial charge is 0.346 e. The molecule has 2 amide bonds. The van der Waals surface area contributed by atoms with Crippen LogP contribution >= 0.6 is 0 Å². The Balaban J connectivity index is 2.44. The van der Waals surface area contributed by atoms with E-state index in [9.17, 15) is 9.59 Å². The van der Waals surface area contributed by atoms with E-state index in [4.69, 9.17) is 5.73 Å². The summed E-state index contributed by atoms with van der Waals surface area (Å²) in [5.41, 5.74) is 5.39. The SMILES string of the molecule is CCC1(C)CCCN(C(=O)CNC(=O)CN)C1. The molecule has 1 atom stereocenters. The monoisotopic (exact) mass is 241 g/mol. The molecule has 1 unspecified atom stereocenters. The topological polar surface area (TPSA) is 75.4 Å². The number of hydrogen-bond donors (Lipinski definition) is 2. The molecule has 0 radical (unpaired) electrons. The molecule has 1 aliphatic heterocycles. The molecule has 0 saturated carbocycles. The molecule has 0 spiro atoms. The second-order valence-corrected chi connectivity index (χ2v) is 5.06. The lowest BCUT2D eigenvalue weighted by Crippen LogP contribution is -2.48. The van der Waals surface area contributed by atoms with E-state index < -0.39 is 0 Å². The van der Waals surface area contributed by atoms with Crippen LogP contribution in [0.5, 0.6) is 0 Å². The molecule has 1 heterocycles. The summed E-state index contributed by atoms with van der Waals surface area (Å²) in [5, 5.41) is 2.52. The number of piperidine rings is 1. The maximum absolute atomic E-state index is 11.9. The van der Waals surface area contributed by atoms with Crippen molar-refractivity contribution in [3.05, 3.63) is 0 Å².